The van der Waals surface area contributed by atoms with Crippen molar-refractivity contribution in [2.24, 2.45) is 24.1 Å². The summed E-state index contributed by atoms with van der Waals surface area (Å²) in [5.74, 6) is 1.69. The summed E-state index contributed by atoms with van der Waals surface area (Å²) in [5, 5.41) is 0. The molecule has 0 spiro atoms. The maximum Gasteiger partial charge on any atom is 0.396 e. The zero-order valence-corrected chi connectivity index (χ0v) is 16.1. The first-order chi connectivity index (χ1) is 13.0. The van der Waals surface area contributed by atoms with Crippen LogP contribution < -0.4 is 9.13 Å². The Morgan fingerprint density at radius 2 is 1.15 bits per heavy atom. The van der Waals surface area contributed by atoms with Crippen LogP contribution in [-0.4, -0.2) is 21.4 Å². The molecule has 0 unspecified atom stereocenters. The van der Waals surface area contributed by atoms with E-state index in [-0.39, 0.29) is 0 Å². The molecule has 0 aliphatic carbocycles. The number of rotatable bonds is 4. The smallest absolute Gasteiger partial charge is 0.238 e. The predicted octanol–water partition coefficient (Wildman–Crippen LogP) is 3.57. The highest BCUT2D eigenvalue weighted by Crippen LogP contribution is 2.15. The van der Waals surface area contributed by atoms with Crippen LogP contribution in [0.5, 0.6) is 0 Å². The number of aromatic amines is 2. The molecule has 136 valence electrons. The second kappa shape index (κ2) is 6.79. The van der Waals surface area contributed by atoms with E-state index in [0.29, 0.717) is 6.42 Å². The van der Waals surface area contributed by atoms with E-state index < -0.39 is 0 Å². The third kappa shape index (κ3) is 3.26. The van der Waals surface area contributed by atoms with E-state index in [4.69, 9.17) is 9.98 Å². The van der Waals surface area contributed by atoms with Gasteiger partial charge in [-0.25, -0.2) is 19.1 Å². The van der Waals surface area contributed by atoms with E-state index >= 15 is 0 Å². The molecule has 0 amide bonds. The second-order valence-corrected chi connectivity index (χ2v) is 6.92. The quantitative estimate of drug-likeness (QED) is 0.413. The molecular weight excluding hydrogens is 336 g/mol. The topological polar surface area (TPSA) is 64.1 Å². The van der Waals surface area contributed by atoms with Crippen molar-refractivity contribution in [1.82, 2.24) is 9.97 Å². The van der Waals surface area contributed by atoms with Crippen LogP contribution >= 0.6 is 0 Å². The SMILES string of the molecule is CC(CC(C)=Nc1[nH]c2ccccc2[n+]1C)=Nc1[nH]c2ccccc2[n+]1C. The number of aromatic nitrogens is 4. The molecule has 0 aliphatic heterocycles. The number of hydrogen-bond acceptors (Lipinski definition) is 2. The number of aliphatic imine (C=N–C) groups is 2. The predicted molar refractivity (Wildman–Crippen MR) is 109 cm³/mol. The zero-order chi connectivity index (χ0) is 19.0. The van der Waals surface area contributed by atoms with Crippen LogP contribution in [0.3, 0.4) is 0 Å². The highest BCUT2D eigenvalue weighted by Gasteiger charge is 2.17. The van der Waals surface area contributed by atoms with Crippen LogP contribution in [0, 0.1) is 0 Å². The first kappa shape index (κ1) is 17.1. The molecule has 0 fully saturated rings. The molecule has 0 bridgehead atoms. The lowest BCUT2D eigenvalue weighted by atomic mass is 10.2. The van der Waals surface area contributed by atoms with Gasteiger partial charge in [0.2, 0.25) is 0 Å². The van der Waals surface area contributed by atoms with E-state index in [9.17, 15) is 0 Å². The Kier molecular flexibility index (Phi) is 4.32. The highest BCUT2D eigenvalue weighted by atomic mass is 15.2. The van der Waals surface area contributed by atoms with Crippen LogP contribution in [0.1, 0.15) is 20.3 Å². The number of benzene rings is 2. The molecule has 2 aromatic carbocycles. The fraction of sp³-hybridized carbons (Fsp3) is 0.238. The monoisotopic (exact) mass is 360 g/mol. The Labute approximate surface area is 157 Å². The van der Waals surface area contributed by atoms with Gasteiger partial charge >= 0.3 is 11.9 Å². The van der Waals surface area contributed by atoms with E-state index in [1.807, 2.05) is 52.2 Å². The Hall–Kier alpha value is -3.28. The van der Waals surface area contributed by atoms with Gasteiger partial charge in [0.05, 0.1) is 20.5 Å². The third-order valence-corrected chi connectivity index (χ3v) is 4.76. The minimum atomic E-state index is 0.713. The lowest BCUT2D eigenvalue weighted by Crippen LogP contribution is -2.27. The molecule has 2 aromatic heterocycles. The van der Waals surface area contributed by atoms with Crippen LogP contribution in [0.2, 0.25) is 0 Å². The number of H-pyrrole nitrogens is 2. The molecule has 4 aromatic rings. The molecule has 2 heterocycles. The fourth-order valence-electron chi connectivity index (χ4n) is 3.40. The number of nitrogens with zero attached hydrogens (tertiary/aromatic N) is 4. The van der Waals surface area contributed by atoms with Crippen molar-refractivity contribution in [2.45, 2.75) is 20.3 Å². The highest BCUT2D eigenvalue weighted by molar-refractivity contribution is 6.03. The molecular formula is C21H24N6+2. The standard InChI is InChI=1S/C21H22N6/c1-14(22-20-24-16-9-5-7-11-18(16)26(20)3)13-15(2)23-21-25-17-10-6-8-12-19(17)27(21)4/h5-12H,13H2,1-4H3/p+2. The minimum absolute atomic E-state index is 0.713. The van der Waals surface area contributed by atoms with Crippen molar-refractivity contribution in [1.29, 1.82) is 0 Å². The molecule has 0 radical (unpaired) electrons. The van der Waals surface area contributed by atoms with Gasteiger partial charge in [-0.05, 0) is 38.1 Å². The van der Waals surface area contributed by atoms with Crippen molar-refractivity contribution >= 4 is 45.4 Å². The molecule has 0 atom stereocenters. The number of fused-ring (bicyclic) bond motifs is 2. The molecule has 27 heavy (non-hydrogen) atoms. The van der Waals surface area contributed by atoms with Gasteiger partial charge in [-0.3, -0.25) is 0 Å². The molecule has 0 saturated carbocycles. The van der Waals surface area contributed by atoms with Crippen molar-refractivity contribution in [3.63, 3.8) is 0 Å². The van der Waals surface area contributed by atoms with Gasteiger partial charge in [0.25, 0.3) is 0 Å². The van der Waals surface area contributed by atoms with Gasteiger partial charge in [0, 0.05) is 0 Å². The summed E-state index contributed by atoms with van der Waals surface area (Å²) in [6.45, 7) is 4.07. The van der Waals surface area contributed by atoms with Crippen molar-refractivity contribution < 1.29 is 9.13 Å². The maximum atomic E-state index is 4.77. The summed E-state index contributed by atoms with van der Waals surface area (Å²) >= 11 is 0. The van der Waals surface area contributed by atoms with Crippen LogP contribution in [0.15, 0.2) is 58.5 Å². The summed E-state index contributed by atoms with van der Waals surface area (Å²) in [6, 6.07) is 16.4. The third-order valence-electron chi connectivity index (χ3n) is 4.76. The second-order valence-electron chi connectivity index (χ2n) is 6.92. The Balaban J connectivity index is 1.60. The normalized spacial score (nSPS) is 13.0. The van der Waals surface area contributed by atoms with Gasteiger partial charge in [-0.2, -0.15) is 0 Å². The molecule has 6 nitrogen and oxygen atoms in total. The lowest BCUT2D eigenvalue weighted by molar-refractivity contribution is -0.631. The average molecular weight is 360 g/mol. The van der Waals surface area contributed by atoms with Gasteiger partial charge in [-0.15, -0.1) is 0 Å². The fourth-order valence-corrected chi connectivity index (χ4v) is 3.40. The molecule has 2 N–H and O–H groups in total. The van der Waals surface area contributed by atoms with Gasteiger partial charge in [0.1, 0.15) is 33.5 Å². The van der Waals surface area contributed by atoms with Crippen molar-refractivity contribution in [3.05, 3.63) is 48.5 Å². The number of aryl methyl sites for hydroxylation is 2. The van der Waals surface area contributed by atoms with Gasteiger partial charge < -0.3 is 0 Å². The van der Waals surface area contributed by atoms with E-state index in [2.05, 4.69) is 43.4 Å². The Morgan fingerprint density at radius 3 is 1.56 bits per heavy atom. The number of hydrogen-bond donors (Lipinski definition) is 2. The van der Waals surface area contributed by atoms with Gasteiger partial charge in [0.15, 0.2) is 0 Å². The van der Waals surface area contributed by atoms with Crippen LogP contribution in [0.4, 0.5) is 11.9 Å². The van der Waals surface area contributed by atoms with Crippen molar-refractivity contribution in [2.75, 3.05) is 0 Å². The van der Waals surface area contributed by atoms with E-state index in [1.165, 1.54) is 0 Å². The molecule has 0 saturated heterocycles. The summed E-state index contributed by atoms with van der Waals surface area (Å²) in [5.41, 5.74) is 6.47. The largest absolute Gasteiger partial charge is 0.396 e. The summed E-state index contributed by atoms with van der Waals surface area (Å²) in [4.78, 5) is 16.3. The number of imidazole rings is 2. The summed E-state index contributed by atoms with van der Waals surface area (Å²) in [6.07, 6.45) is 0.713. The molecule has 0 aliphatic rings. The number of nitrogens with one attached hydrogen (secondary N) is 2. The Morgan fingerprint density at radius 1 is 0.741 bits per heavy atom. The van der Waals surface area contributed by atoms with Crippen molar-refractivity contribution in [3.8, 4) is 0 Å². The zero-order valence-electron chi connectivity index (χ0n) is 16.1. The first-order valence-electron chi connectivity index (χ1n) is 9.05. The van der Waals surface area contributed by atoms with E-state index in [0.717, 1.165) is 45.4 Å². The van der Waals surface area contributed by atoms with E-state index in [1.54, 1.807) is 0 Å². The molecule has 4 rings (SSSR count). The van der Waals surface area contributed by atoms with Crippen LogP contribution in [-0.2, 0) is 14.1 Å². The first-order valence-corrected chi connectivity index (χ1v) is 9.05. The summed E-state index contributed by atoms with van der Waals surface area (Å²) < 4.78 is 4.14. The lowest BCUT2D eigenvalue weighted by Gasteiger charge is -1.94. The minimum Gasteiger partial charge on any atom is -0.238 e. The Bertz CT molecular complexity index is 1100. The maximum absolute atomic E-state index is 4.77. The molecule has 6 heteroatoms. The van der Waals surface area contributed by atoms with Gasteiger partial charge in [-0.1, -0.05) is 34.3 Å². The average Bonchev–Trinajstić information content (AvgIpc) is 3.13. The number of para-hydroxylation sites is 4. The van der Waals surface area contributed by atoms with Crippen LogP contribution in [0.25, 0.3) is 22.1 Å². The summed E-state index contributed by atoms with van der Waals surface area (Å²) in [7, 11) is 4.05.